The predicted octanol–water partition coefficient (Wildman–Crippen LogP) is 1.43. The maximum absolute atomic E-state index is 5.47. The molecule has 0 bridgehead atoms. The molecule has 0 N–H and O–H groups in total. The quantitative estimate of drug-likeness (QED) is 0.458. The zero-order valence-electron chi connectivity index (χ0n) is 6.48. The normalized spacial score (nSPS) is 50.2. The van der Waals surface area contributed by atoms with Gasteiger partial charge in [0.2, 0.25) is 0 Å². The smallest absolute Gasteiger partial charge is 0.0699 e. The summed E-state index contributed by atoms with van der Waals surface area (Å²) < 4.78 is 5.47. The summed E-state index contributed by atoms with van der Waals surface area (Å²) in [7, 11) is 0. The van der Waals surface area contributed by atoms with Crippen LogP contribution in [0.25, 0.3) is 0 Å². The van der Waals surface area contributed by atoms with Gasteiger partial charge in [-0.1, -0.05) is 11.8 Å². The minimum Gasteiger partial charge on any atom is -0.377 e. The van der Waals surface area contributed by atoms with Crippen LogP contribution in [0.4, 0.5) is 0 Å². The highest BCUT2D eigenvalue weighted by molar-refractivity contribution is 5.31. The number of rotatable bonds is 0. The summed E-state index contributed by atoms with van der Waals surface area (Å²) in [5.41, 5.74) is 0.303. The fraction of sp³-hybridized carbons (Fsp3) is 0.778. The molecular formula is C9H12O. The van der Waals surface area contributed by atoms with E-state index in [4.69, 9.17) is 4.74 Å². The Hall–Kier alpha value is -0.480. The van der Waals surface area contributed by atoms with Gasteiger partial charge in [-0.25, -0.2) is 0 Å². The van der Waals surface area contributed by atoms with Gasteiger partial charge in [-0.2, -0.15) is 0 Å². The molecule has 1 aliphatic heterocycles. The van der Waals surface area contributed by atoms with Gasteiger partial charge >= 0.3 is 0 Å². The highest BCUT2D eigenvalue weighted by atomic mass is 16.5. The van der Waals surface area contributed by atoms with Gasteiger partial charge in [0.05, 0.1) is 12.0 Å². The van der Waals surface area contributed by atoms with E-state index in [-0.39, 0.29) is 0 Å². The molecule has 0 aromatic heterocycles. The van der Waals surface area contributed by atoms with Crippen LogP contribution >= 0.6 is 0 Å². The average Bonchev–Trinajstić information content (AvgIpc) is 1.83. The van der Waals surface area contributed by atoms with Crippen molar-refractivity contribution in [3.63, 3.8) is 0 Å². The van der Waals surface area contributed by atoms with Gasteiger partial charge in [0.15, 0.2) is 0 Å². The van der Waals surface area contributed by atoms with Crippen LogP contribution < -0.4 is 0 Å². The van der Waals surface area contributed by atoms with Gasteiger partial charge in [-0.05, 0) is 20.3 Å². The molecule has 3 atom stereocenters. The second-order valence-electron chi connectivity index (χ2n) is 3.49. The Bertz CT molecular complexity index is 211. The summed E-state index contributed by atoms with van der Waals surface area (Å²) in [6, 6.07) is 0. The van der Waals surface area contributed by atoms with E-state index < -0.39 is 0 Å². The third kappa shape index (κ3) is 0.630. The molecule has 2 rings (SSSR count). The average molecular weight is 136 g/mol. The number of fused-ring (bicyclic) bond motifs is 1. The first kappa shape index (κ1) is 6.24. The molecule has 0 aromatic carbocycles. The zero-order chi connectivity index (χ0) is 7.19. The lowest BCUT2D eigenvalue weighted by Crippen LogP contribution is -2.44. The molecule has 1 fully saturated rings. The van der Waals surface area contributed by atoms with E-state index in [0.29, 0.717) is 17.4 Å². The molecule has 1 nitrogen and oxygen atoms in total. The summed E-state index contributed by atoms with van der Waals surface area (Å²) in [4.78, 5) is 0. The van der Waals surface area contributed by atoms with Crippen molar-refractivity contribution in [3.8, 4) is 11.8 Å². The Balaban J connectivity index is 2.22. The van der Waals surface area contributed by atoms with Crippen LogP contribution in [0.15, 0.2) is 0 Å². The van der Waals surface area contributed by atoms with E-state index in [2.05, 4.69) is 25.7 Å². The van der Waals surface area contributed by atoms with Crippen molar-refractivity contribution in [2.45, 2.75) is 26.4 Å². The van der Waals surface area contributed by atoms with Crippen molar-refractivity contribution in [2.75, 3.05) is 6.61 Å². The van der Waals surface area contributed by atoms with Crippen molar-refractivity contribution in [1.29, 1.82) is 0 Å². The van der Waals surface area contributed by atoms with Crippen LogP contribution in [-0.4, -0.2) is 12.7 Å². The minimum atomic E-state index is 0.303. The van der Waals surface area contributed by atoms with Crippen molar-refractivity contribution < 1.29 is 4.74 Å². The predicted molar refractivity (Wildman–Crippen MR) is 39.4 cm³/mol. The van der Waals surface area contributed by atoms with E-state index in [1.165, 1.54) is 0 Å². The van der Waals surface area contributed by atoms with Gasteiger partial charge in [-0.3, -0.25) is 0 Å². The second-order valence-corrected chi connectivity index (χ2v) is 3.49. The summed E-state index contributed by atoms with van der Waals surface area (Å²) in [5.74, 6) is 6.90. The van der Waals surface area contributed by atoms with Gasteiger partial charge in [-0.15, -0.1) is 0 Å². The van der Waals surface area contributed by atoms with Crippen LogP contribution in [0.5, 0.6) is 0 Å². The Morgan fingerprint density at radius 1 is 1.60 bits per heavy atom. The molecular weight excluding hydrogens is 124 g/mol. The van der Waals surface area contributed by atoms with Crippen molar-refractivity contribution in [3.05, 3.63) is 0 Å². The maximum atomic E-state index is 5.47. The third-order valence-electron chi connectivity index (χ3n) is 2.67. The molecule has 0 amide bonds. The van der Waals surface area contributed by atoms with E-state index in [1.54, 1.807) is 0 Å². The molecule has 1 saturated heterocycles. The first-order valence-corrected chi connectivity index (χ1v) is 3.87. The molecule has 0 radical (unpaired) electrons. The molecule has 1 heterocycles. The SMILES string of the molecule is C[C@H]1OCC[C@@]2(C)C#C[C@@H]12. The topological polar surface area (TPSA) is 9.23 Å². The van der Waals surface area contributed by atoms with Gasteiger partial charge < -0.3 is 4.74 Å². The molecule has 1 aliphatic carbocycles. The van der Waals surface area contributed by atoms with Crippen molar-refractivity contribution in [1.82, 2.24) is 0 Å². The van der Waals surface area contributed by atoms with Gasteiger partial charge in [0, 0.05) is 12.0 Å². The van der Waals surface area contributed by atoms with Gasteiger partial charge in [0.1, 0.15) is 0 Å². The lowest BCUT2D eigenvalue weighted by atomic mass is 9.65. The number of hydrogen-bond acceptors (Lipinski definition) is 1. The lowest BCUT2D eigenvalue weighted by Gasteiger charge is -2.43. The summed E-state index contributed by atoms with van der Waals surface area (Å²) in [6.45, 7) is 5.26. The first-order valence-electron chi connectivity index (χ1n) is 3.87. The summed E-state index contributed by atoms with van der Waals surface area (Å²) in [5, 5.41) is 0. The standard InChI is InChI=1S/C9H12O/c1-7-8-3-4-9(8,2)5-6-10-7/h7-8H,5-6H2,1-2H3/t7-,8+,9-/m1/s1. The Morgan fingerprint density at radius 3 is 2.80 bits per heavy atom. The van der Waals surface area contributed by atoms with Crippen molar-refractivity contribution >= 4 is 0 Å². The van der Waals surface area contributed by atoms with Crippen LogP contribution in [0, 0.1) is 23.2 Å². The Kier molecular flexibility index (Phi) is 1.10. The maximum Gasteiger partial charge on any atom is 0.0699 e. The summed E-state index contributed by atoms with van der Waals surface area (Å²) >= 11 is 0. The molecule has 2 aliphatic rings. The van der Waals surface area contributed by atoms with E-state index in [9.17, 15) is 0 Å². The molecule has 0 saturated carbocycles. The molecule has 1 heteroatoms. The zero-order valence-corrected chi connectivity index (χ0v) is 6.48. The molecule has 0 unspecified atom stereocenters. The fourth-order valence-corrected chi connectivity index (χ4v) is 1.81. The van der Waals surface area contributed by atoms with Crippen LogP contribution in [-0.2, 0) is 4.74 Å². The Labute approximate surface area is 61.8 Å². The molecule has 0 spiro atoms. The first-order chi connectivity index (χ1) is 4.72. The molecule has 54 valence electrons. The largest absolute Gasteiger partial charge is 0.377 e. The van der Waals surface area contributed by atoms with Gasteiger partial charge in [0.25, 0.3) is 0 Å². The highest BCUT2D eigenvalue weighted by Gasteiger charge is 2.43. The molecule has 0 aromatic rings. The Morgan fingerprint density at radius 2 is 2.40 bits per heavy atom. The molecule has 10 heavy (non-hydrogen) atoms. The van der Waals surface area contributed by atoms with Crippen LogP contribution in [0.1, 0.15) is 20.3 Å². The van der Waals surface area contributed by atoms with Crippen LogP contribution in [0.2, 0.25) is 0 Å². The van der Waals surface area contributed by atoms with E-state index in [0.717, 1.165) is 13.0 Å². The monoisotopic (exact) mass is 136 g/mol. The second kappa shape index (κ2) is 1.77. The summed E-state index contributed by atoms with van der Waals surface area (Å²) in [6.07, 6.45) is 1.48. The number of hydrogen-bond donors (Lipinski definition) is 0. The fourth-order valence-electron chi connectivity index (χ4n) is 1.81. The minimum absolute atomic E-state index is 0.303. The lowest BCUT2D eigenvalue weighted by molar-refractivity contribution is -0.0502. The van der Waals surface area contributed by atoms with E-state index in [1.807, 2.05) is 0 Å². The highest BCUT2D eigenvalue weighted by Crippen LogP contribution is 2.42. The number of ether oxygens (including phenoxy) is 1. The third-order valence-corrected chi connectivity index (χ3v) is 2.67. The van der Waals surface area contributed by atoms with Crippen LogP contribution in [0.3, 0.4) is 0 Å². The van der Waals surface area contributed by atoms with E-state index >= 15 is 0 Å². The van der Waals surface area contributed by atoms with Crippen molar-refractivity contribution in [2.24, 2.45) is 11.3 Å².